The smallest absolute Gasteiger partial charge is 0.268 e. The molecule has 0 aliphatic carbocycles. The molecule has 1 aromatic heterocycles. The van der Waals surface area contributed by atoms with Crippen molar-refractivity contribution in [3.05, 3.63) is 58.9 Å². The minimum absolute atomic E-state index is 0.00457. The SMILES string of the molecule is COc1cccc(NC(=O)Cn2sc3ccccc3c2=O)c1. The molecular weight excluding hydrogens is 300 g/mol. The third-order valence-electron chi connectivity index (χ3n) is 3.19. The van der Waals surface area contributed by atoms with Gasteiger partial charge >= 0.3 is 0 Å². The lowest BCUT2D eigenvalue weighted by atomic mass is 10.3. The van der Waals surface area contributed by atoms with Gasteiger partial charge in [0.25, 0.3) is 5.56 Å². The number of ether oxygens (including phenoxy) is 1. The van der Waals surface area contributed by atoms with Crippen LogP contribution in [0.2, 0.25) is 0 Å². The van der Waals surface area contributed by atoms with Gasteiger partial charge < -0.3 is 10.1 Å². The molecule has 0 saturated carbocycles. The first-order valence-electron chi connectivity index (χ1n) is 6.70. The Balaban J connectivity index is 1.78. The van der Waals surface area contributed by atoms with Crippen molar-refractivity contribution in [3.63, 3.8) is 0 Å². The number of nitrogens with zero attached hydrogens (tertiary/aromatic N) is 1. The molecule has 0 atom stereocenters. The first kappa shape index (κ1) is 14.3. The van der Waals surface area contributed by atoms with Gasteiger partial charge in [-0.05, 0) is 24.3 Å². The first-order chi connectivity index (χ1) is 10.7. The fourth-order valence-electron chi connectivity index (χ4n) is 2.15. The van der Waals surface area contributed by atoms with E-state index in [4.69, 9.17) is 4.74 Å². The summed E-state index contributed by atoms with van der Waals surface area (Å²) in [6, 6.07) is 14.4. The highest BCUT2D eigenvalue weighted by Crippen LogP contribution is 2.18. The number of benzene rings is 2. The maximum Gasteiger partial charge on any atom is 0.268 e. The molecule has 2 aromatic carbocycles. The number of hydrogen-bond acceptors (Lipinski definition) is 4. The Kier molecular flexibility index (Phi) is 3.93. The van der Waals surface area contributed by atoms with Crippen LogP contribution in [0, 0.1) is 0 Å². The summed E-state index contributed by atoms with van der Waals surface area (Å²) in [7, 11) is 1.57. The van der Waals surface area contributed by atoms with E-state index in [1.54, 1.807) is 37.4 Å². The molecule has 1 heterocycles. The number of nitrogens with one attached hydrogen (secondary N) is 1. The topological polar surface area (TPSA) is 60.3 Å². The highest BCUT2D eigenvalue weighted by Gasteiger charge is 2.10. The van der Waals surface area contributed by atoms with Crippen LogP contribution in [-0.2, 0) is 11.3 Å². The number of fused-ring (bicyclic) bond motifs is 1. The average Bonchev–Trinajstić information content (AvgIpc) is 2.84. The molecule has 6 heteroatoms. The van der Waals surface area contributed by atoms with Crippen LogP contribution in [0.15, 0.2) is 53.3 Å². The number of aromatic nitrogens is 1. The van der Waals surface area contributed by atoms with Gasteiger partial charge in [-0.3, -0.25) is 13.5 Å². The van der Waals surface area contributed by atoms with Crippen molar-refractivity contribution in [1.29, 1.82) is 0 Å². The van der Waals surface area contributed by atoms with Crippen molar-refractivity contribution in [3.8, 4) is 5.75 Å². The lowest BCUT2D eigenvalue weighted by Crippen LogP contribution is -2.23. The molecule has 112 valence electrons. The molecule has 1 amide bonds. The van der Waals surface area contributed by atoms with E-state index in [9.17, 15) is 9.59 Å². The second-order valence-electron chi connectivity index (χ2n) is 4.71. The fraction of sp³-hybridized carbons (Fsp3) is 0.125. The zero-order chi connectivity index (χ0) is 15.5. The summed E-state index contributed by atoms with van der Waals surface area (Å²) in [6.07, 6.45) is 0. The number of carbonyl (C=O) groups excluding carboxylic acids is 1. The monoisotopic (exact) mass is 314 g/mol. The number of rotatable bonds is 4. The van der Waals surface area contributed by atoms with Crippen LogP contribution >= 0.6 is 11.5 Å². The largest absolute Gasteiger partial charge is 0.497 e. The van der Waals surface area contributed by atoms with Crippen LogP contribution < -0.4 is 15.6 Å². The number of hydrogen-bond donors (Lipinski definition) is 1. The van der Waals surface area contributed by atoms with Gasteiger partial charge in [-0.2, -0.15) is 0 Å². The van der Waals surface area contributed by atoms with Crippen LogP contribution in [0.25, 0.3) is 10.1 Å². The van der Waals surface area contributed by atoms with Crippen molar-refractivity contribution in [2.45, 2.75) is 6.54 Å². The van der Waals surface area contributed by atoms with Crippen LogP contribution in [0.1, 0.15) is 0 Å². The summed E-state index contributed by atoms with van der Waals surface area (Å²) < 4.78 is 7.44. The summed E-state index contributed by atoms with van der Waals surface area (Å²) in [5.41, 5.74) is 0.500. The van der Waals surface area contributed by atoms with E-state index in [-0.39, 0.29) is 18.0 Å². The molecule has 0 spiro atoms. The molecule has 0 fully saturated rings. The molecule has 0 unspecified atom stereocenters. The van der Waals surface area contributed by atoms with E-state index in [1.807, 2.05) is 18.2 Å². The Bertz CT molecular complexity index is 882. The Labute approximate surface area is 130 Å². The molecule has 0 aliphatic heterocycles. The second-order valence-corrected chi connectivity index (χ2v) is 5.77. The summed E-state index contributed by atoms with van der Waals surface area (Å²) in [6.45, 7) is -0.00457. The molecular formula is C16H14N2O3S. The Hall–Kier alpha value is -2.60. The van der Waals surface area contributed by atoms with Crippen molar-refractivity contribution >= 4 is 33.2 Å². The number of anilines is 1. The number of methoxy groups -OCH3 is 1. The normalized spacial score (nSPS) is 10.6. The molecule has 0 radical (unpaired) electrons. The van der Waals surface area contributed by atoms with E-state index >= 15 is 0 Å². The quantitative estimate of drug-likeness (QED) is 0.805. The van der Waals surface area contributed by atoms with Gasteiger partial charge in [-0.25, -0.2) is 0 Å². The maximum absolute atomic E-state index is 12.2. The lowest BCUT2D eigenvalue weighted by molar-refractivity contribution is -0.116. The van der Waals surface area contributed by atoms with Gasteiger partial charge in [0, 0.05) is 11.8 Å². The van der Waals surface area contributed by atoms with E-state index in [0.717, 1.165) is 4.70 Å². The second kappa shape index (κ2) is 6.03. The molecule has 1 N–H and O–H groups in total. The average molecular weight is 314 g/mol. The maximum atomic E-state index is 12.2. The van der Waals surface area contributed by atoms with Gasteiger partial charge in [0.2, 0.25) is 5.91 Å². The zero-order valence-electron chi connectivity index (χ0n) is 11.9. The molecule has 0 saturated heterocycles. The summed E-state index contributed by atoms with van der Waals surface area (Å²) in [5, 5.41) is 3.41. The van der Waals surface area contributed by atoms with Crippen molar-refractivity contribution in [2.75, 3.05) is 12.4 Å². The first-order valence-corrected chi connectivity index (χ1v) is 7.47. The fourth-order valence-corrected chi connectivity index (χ4v) is 3.15. The summed E-state index contributed by atoms with van der Waals surface area (Å²) >= 11 is 1.29. The van der Waals surface area contributed by atoms with Crippen molar-refractivity contribution in [1.82, 2.24) is 3.96 Å². The third-order valence-corrected chi connectivity index (χ3v) is 4.26. The molecule has 0 aliphatic rings. The van der Waals surface area contributed by atoms with E-state index in [2.05, 4.69) is 5.32 Å². The summed E-state index contributed by atoms with van der Waals surface area (Å²) in [5.74, 6) is 0.415. The predicted molar refractivity (Wildman–Crippen MR) is 87.7 cm³/mol. The van der Waals surface area contributed by atoms with Gasteiger partial charge in [0.15, 0.2) is 0 Å². The van der Waals surface area contributed by atoms with Gasteiger partial charge in [-0.15, -0.1) is 0 Å². The van der Waals surface area contributed by atoms with E-state index in [0.29, 0.717) is 16.8 Å². The lowest BCUT2D eigenvalue weighted by Gasteiger charge is -2.06. The number of amides is 1. The van der Waals surface area contributed by atoms with E-state index in [1.165, 1.54) is 15.5 Å². The Morgan fingerprint density at radius 1 is 1.23 bits per heavy atom. The van der Waals surface area contributed by atoms with Gasteiger partial charge in [0.05, 0.1) is 17.2 Å². The molecule has 3 aromatic rings. The van der Waals surface area contributed by atoms with Crippen molar-refractivity contribution < 1.29 is 9.53 Å². The molecule has 5 nitrogen and oxygen atoms in total. The minimum atomic E-state index is -0.248. The summed E-state index contributed by atoms with van der Waals surface area (Å²) in [4.78, 5) is 24.3. The van der Waals surface area contributed by atoms with Crippen LogP contribution in [0.3, 0.4) is 0 Å². The van der Waals surface area contributed by atoms with Crippen LogP contribution in [0.5, 0.6) is 5.75 Å². The highest BCUT2D eigenvalue weighted by atomic mass is 32.1. The Morgan fingerprint density at radius 3 is 2.82 bits per heavy atom. The van der Waals surface area contributed by atoms with Gasteiger partial charge in [-0.1, -0.05) is 29.7 Å². The van der Waals surface area contributed by atoms with Crippen LogP contribution in [0.4, 0.5) is 5.69 Å². The number of carbonyl (C=O) groups is 1. The highest BCUT2D eigenvalue weighted by molar-refractivity contribution is 7.13. The molecule has 22 heavy (non-hydrogen) atoms. The predicted octanol–water partition coefficient (Wildman–Crippen LogP) is 2.71. The standard InChI is InChI=1S/C16H14N2O3S/c1-21-12-6-4-5-11(9-12)17-15(19)10-18-16(20)13-7-2-3-8-14(13)22-18/h2-9H,10H2,1H3,(H,17,19). The Morgan fingerprint density at radius 2 is 2.05 bits per heavy atom. The van der Waals surface area contributed by atoms with Gasteiger partial charge in [0.1, 0.15) is 12.3 Å². The van der Waals surface area contributed by atoms with Crippen LogP contribution in [-0.4, -0.2) is 17.0 Å². The van der Waals surface area contributed by atoms with Crippen molar-refractivity contribution in [2.24, 2.45) is 0 Å². The minimum Gasteiger partial charge on any atom is -0.497 e. The molecule has 0 bridgehead atoms. The third kappa shape index (κ3) is 2.87. The molecule has 3 rings (SSSR count). The zero-order valence-corrected chi connectivity index (χ0v) is 12.7. The van der Waals surface area contributed by atoms with E-state index < -0.39 is 0 Å².